The lowest BCUT2D eigenvalue weighted by Gasteiger charge is -2.10. The molecule has 6 heteroatoms. The van der Waals surface area contributed by atoms with Crippen LogP contribution >= 0.6 is 11.3 Å². The van der Waals surface area contributed by atoms with Crippen molar-refractivity contribution in [3.63, 3.8) is 0 Å². The van der Waals surface area contributed by atoms with Crippen LogP contribution in [0.3, 0.4) is 0 Å². The van der Waals surface area contributed by atoms with Gasteiger partial charge in [-0.15, -0.1) is 11.3 Å². The number of fused-ring (bicyclic) bond motifs is 10. The van der Waals surface area contributed by atoms with Crippen LogP contribution in [0.4, 0.5) is 0 Å². The van der Waals surface area contributed by atoms with Gasteiger partial charge < -0.3 is 8.98 Å². The predicted octanol–water partition coefficient (Wildman–Crippen LogP) is 13.9. The smallest absolute Gasteiger partial charge is 0.164 e. The fourth-order valence-corrected chi connectivity index (χ4v) is 9.56. The molecule has 5 nitrogen and oxygen atoms in total. The third-order valence-corrected chi connectivity index (χ3v) is 12.2. The summed E-state index contributed by atoms with van der Waals surface area (Å²) in [4.78, 5) is 14.8. The van der Waals surface area contributed by atoms with Crippen molar-refractivity contribution in [3.8, 4) is 51.0 Å². The van der Waals surface area contributed by atoms with Gasteiger partial charge in [0, 0.05) is 58.7 Å². The van der Waals surface area contributed by atoms with Crippen LogP contribution in [0.5, 0.6) is 0 Å². The summed E-state index contributed by atoms with van der Waals surface area (Å²) >= 11 is 1.80. The molecule has 4 aromatic heterocycles. The molecule has 0 amide bonds. The van der Waals surface area contributed by atoms with Gasteiger partial charge in [0.1, 0.15) is 11.2 Å². The SMILES string of the molecule is c1ccc(-c2nc(-c3ccccc3)nc(-c3ccc4c(c3)sc3cc(-c5cccc(-n6c7ccccc7c7c8oc9ccccc9c8ccc76)c5)ccc34)n2)cc1. The molecule has 0 spiro atoms. The number of benzene rings is 8. The quantitative estimate of drug-likeness (QED) is 0.176. The lowest BCUT2D eigenvalue weighted by Crippen LogP contribution is -1.99. The van der Waals surface area contributed by atoms with Crippen LogP contribution in [0.25, 0.3) is 115 Å². The monoisotopic (exact) mass is 746 g/mol. The summed E-state index contributed by atoms with van der Waals surface area (Å²) in [6, 6.07) is 63.9. The van der Waals surface area contributed by atoms with Crippen molar-refractivity contribution in [3.05, 3.63) is 182 Å². The number of furan rings is 1. The predicted molar refractivity (Wildman–Crippen MR) is 236 cm³/mol. The van der Waals surface area contributed by atoms with Gasteiger partial charge in [-0.3, -0.25) is 0 Å². The van der Waals surface area contributed by atoms with E-state index in [1.165, 1.54) is 31.1 Å². The molecule has 0 saturated heterocycles. The summed E-state index contributed by atoms with van der Waals surface area (Å²) in [5, 5.41) is 7.06. The number of para-hydroxylation sites is 2. The molecule has 0 fully saturated rings. The van der Waals surface area contributed by atoms with E-state index >= 15 is 0 Å². The Hall–Kier alpha value is -7.41. The van der Waals surface area contributed by atoms with Gasteiger partial charge in [0.25, 0.3) is 0 Å². The van der Waals surface area contributed by atoms with Gasteiger partial charge in [0.15, 0.2) is 17.5 Å². The van der Waals surface area contributed by atoms with Crippen molar-refractivity contribution in [2.45, 2.75) is 0 Å². The van der Waals surface area contributed by atoms with E-state index in [9.17, 15) is 0 Å². The highest BCUT2D eigenvalue weighted by Gasteiger charge is 2.19. The summed E-state index contributed by atoms with van der Waals surface area (Å²) in [5.41, 5.74) is 10.4. The van der Waals surface area contributed by atoms with E-state index in [2.05, 4.69) is 120 Å². The summed E-state index contributed by atoms with van der Waals surface area (Å²) < 4.78 is 11.3. The fraction of sp³-hybridized carbons (Fsp3) is 0. The molecule has 0 saturated carbocycles. The summed E-state index contributed by atoms with van der Waals surface area (Å²) in [7, 11) is 0. The van der Waals surface area contributed by atoms with E-state index < -0.39 is 0 Å². The first-order valence-electron chi connectivity index (χ1n) is 19.0. The summed E-state index contributed by atoms with van der Waals surface area (Å²) in [5.74, 6) is 1.98. The standard InChI is InChI=1S/C51H30N4OS/c1-3-12-31(13-4-1)49-52-50(32-14-5-2-6-15-32)54-51(53-49)35-23-25-39-38-24-22-34(29-45(38)57-46(39)30-35)33-16-11-17-36(28-33)55-42-20-9-7-19-41(42)47-43(55)27-26-40-37-18-8-10-21-44(37)56-48(40)47/h1-30H. The first kappa shape index (κ1) is 31.9. The van der Waals surface area contributed by atoms with Crippen molar-refractivity contribution in [2.75, 3.05) is 0 Å². The number of hydrogen-bond acceptors (Lipinski definition) is 5. The van der Waals surface area contributed by atoms with E-state index in [0.717, 1.165) is 66.3 Å². The van der Waals surface area contributed by atoms with Crippen LogP contribution < -0.4 is 0 Å². The Bertz CT molecular complexity index is 3470. The van der Waals surface area contributed by atoms with E-state index in [1.54, 1.807) is 11.3 Å². The molecule has 0 bridgehead atoms. The Morgan fingerprint density at radius 2 is 0.947 bits per heavy atom. The molecule has 4 heterocycles. The largest absolute Gasteiger partial charge is 0.455 e. The molecule has 0 radical (unpaired) electrons. The summed E-state index contributed by atoms with van der Waals surface area (Å²) in [6.07, 6.45) is 0. The Balaban J connectivity index is 0.957. The van der Waals surface area contributed by atoms with E-state index in [4.69, 9.17) is 19.4 Å². The summed E-state index contributed by atoms with van der Waals surface area (Å²) in [6.45, 7) is 0. The second kappa shape index (κ2) is 12.6. The number of nitrogens with zero attached hydrogens (tertiary/aromatic N) is 4. The molecule has 57 heavy (non-hydrogen) atoms. The molecule has 0 atom stereocenters. The number of thiophene rings is 1. The normalized spacial score (nSPS) is 11.9. The maximum absolute atomic E-state index is 6.54. The lowest BCUT2D eigenvalue weighted by atomic mass is 10.0. The first-order valence-corrected chi connectivity index (χ1v) is 19.8. The average Bonchev–Trinajstić information content (AvgIpc) is 3.96. The van der Waals surface area contributed by atoms with Gasteiger partial charge >= 0.3 is 0 Å². The van der Waals surface area contributed by atoms with E-state index in [0.29, 0.717) is 17.5 Å². The van der Waals surface area contributed by atoms with Gasteiger partial charge in [0.2, 0.25) is 0 Å². The number of aromatic nitrogens is 4. The van der Waals surface area contributed by atoms with Crippen molar-refractivity contribution in [1.82, 2.24) is 19.5 Å². The molecule has 266 valence electrons. The molecule has 12 aromatic rings. The molecule has 0 aliphatic heterocycles. The second-order valence-corrected chi connectivity index (χ2v) is 15.5. The average molecular weight is 747 g/mol. The highest BCUT2D eigenvalue weighted by atomic mass is 32.1. The fourth-order valence-electron chi connectivity index (χ4n) is 8.37. The van der Waals surface area contributed by atoms with Gasteiger partial charge in [-0.1, -0.05) is 133 Å². The third kappa shape index (κ3) is 5.12. The Morgan fingerprint density at radius 3 is 1.68 bits per heavy atom. The number of hydrogen-bond donors (Lipinski definition) is 0. The lowest BCUT2D eigenvalue weighted by molar-refractivity contribution is 0.673. The van der Waals surface area contributed by atoms with Crippen molar-refractivity contribution < 1.29 is 4.42 Å². The minimum atomic E-state index is 0.658. The second-order valence-electron chi connectivity index (χ2n) is 14.4. The van der Waals surface area contributed by atoms with Crippen molar-refractivity contribution in [1.29, 1.82) is 0 Å². The highest BCUT2D eigenvalue weighted by Crippen LogP contribution is 2.42. The van der Waals surface area contributed by atoms with Gasteiger partial charge in [0.05, 0.1) is 16.4 Å². The Labute approximate surface area is 330 Å². The molecule has 8 aromatic carbocycles. The minimum absolute atomic E-state index is 0.658. The van der Waals surface area contributed by atoms with Crippen LogP contribution in [0.1, 0.15) is 0 Å². The van der Waals surface area contributed by atoms with Gasteiger partial charge in [-0.2, -0.15) is 0 Å². The zero-order valence-electron chi connectivity index (χ0n) is 30.4. The van der Waals surface area contributed by atoms with Crippen LogP contribution in [0.15, 0.2) is 186 Å². The molecule has 12 rings (SSSR count). The van der Waals surface area contributed by atoms with Crippen molar-refractivity contribution >= 4 is 75.3 Å². The first-order chi connectivity index (χ1) is 28.2. The van der Waals surface area contributed by atoms with Crippen LogP contribution in [0.2, 0.25) is 0 Å². The van der Waals surface area contributed by atoms with Gasteiger partial charge in [-0.25, -0.2) is 15.0 Å². The van der Waals surface area contributed by atoms with Crippen LogP contribution in [-0.2, 0) is 0 Å². The third-order valence-electron chi connectivity index (χ3n) is 11.0. The topological polar surface area (TPSA) is 56.7 Å². The van der Waals surface area contributed by atoms with Gasteiger partial charge in [-0.05, 0) is 59.7 Å². The molecule has 0 unspecified atom stereocenters. The minimum Gasteiger partial charge on any atom is -0.455 e. The zero-order chi connectivity index (χ0) is 37.5. The van der Waals surface area contributed by atoms with E-state index in [-0.39, 0.29) is 0 Å². The molecule has 0 aliphatic carbocycles. The van der Waals surface area contributed by atoms with Crippen LogP contribution in [0, 0.1) is 0 Å². The Kier molecular flexibility index (Phi) is 7.03. The maximum atomic E-state index is 6.54. The molecule has 0 N–H and O–H groups in total. The van der Waals surface area contributed by atoms with Crippen LogP contribution in [-0.4, -0.2) is 19.5 Å². The zero-order valence-corrected chi connectivity index (χ0v) is 31.2. The molecular formula is C51H30N4OS. The van der Waals surface area contributed by atoms with E-state index in [1.807, 2.05) is 66.7 Å². The Morgan fingerprint density at radius 1 is 0.386 bits per heavy atom. The van der Waals surface area contributed by atoms with Crippen molar-refractivity contribution in [2.24, 2.45) is 0 Å². The maximum Gasteiger partial charge on any atom is 0.164 e. The number of rotatable bonds is 5. The molecular weight excluding hydrogens is 717 g/mol. The highest BCUT2D eigenvalue weighted by molar-refractivity contribution is 7.25. The molecule has 0 aliphatic rings.